The zero-order chi connectivity index (χ0) is 15.7. The summed E-state index contributed by atoms with van der Waals surface area (Å²) in [6.45, 7) is 4.28. The first-order chi connectivity index (χ1) is 10.6. The van der Waals surface area contributed by atoms with Crippen LogP contribution in [0.4, 0.5) is 0 Å². The first-order valence-electron chi connectivity index (χ1n) is 7.88. The number of nitrogens with one attached hydrogen (secondary N) is 1. The first kappa shape index (κ1) is 14.8. The van der Waals surface area contributed by atoms with Crippen LogP contribution >= 0.6 is 0 Å². The summed E-state index contributed by atoms with van der Waals surface area (Å²) < 4.78 is 3.81. The molecule has 0 radical (unpaired) electrons. The lowest BCUT2D eigenvalue weighted by molar-refractivity contribution is 0.0919. The molecule has 0 unspecified atom stereocenters. The van der Waals surface area contributed by atoms with Gasteiger partial charge >= 0.3 is 0 Å². The average Bonchev–Trinajstić information content (AvgIpc) is 3.02. The molecule has 1 amide bonds. The fourth-order valence-electron chi connectivity index (χ4n) is 2.81. The van der Waals surface area contributed by atoms with Gasteiger partial charge in [0, 0.05) is 19.3 Å². The van der Waals surface area contributed by atoms with E-state index in [-0.39, 0.29) is 11.9 Å². The molecule has 2 heterocycles. The van der Waals surface area contributed by atoms with Crippen LogP contribution in [0.1, 0.15) is 61.5 Å². The lowest BCUT2D eigenvalue weighted by Crippen LogP contribution is -2.32. The van der Waals surface area contributed by atoms with E-state index < -0.39 is 0 Å². The van der Waals surface area contributed by atoms with Gasteiger partial charge in [-0.2, -0.15) is 5.10 Å². The Bertz CT molecular complexity index is 653. The van der Waals surface area contributed by atoms with Crippen LogP contribution < -0.4 is 5.32 Å². The van der Waals surface area contributed by atoms with Crippen molar-refractivity contribution in [3.05, 3.63) is 36.2 Å². The normalized spacial score (nSPS) is 16.0. The molecule has 118 valence electrons. The van der Waals surface area contributed by atoms with Gasteiger partial charge < -0.3 is 9.88 Å². The summed E-state index contributed by atoms with van der Waals surface area (Å²) in [5.74, 6) is 1.22. The summed E-state index contributed by atoms with van der Waals surface area (Å²) in [5.41, 5.74) is 0.735. The standard InChI is InChI=1S/C16H23N5O/c1-11(2)9-13(15-17-10-18-20(15)3)19-16(22)14-5-4-8-21(14)12-6-7-12/h4-5,8,10-13H,6-7,9H2,1-3H3,(H,19,22)/t13-/m1/s1. The topological polar surface area (TPSA) is 64.7 Å². The van der Waals surface area contributed by atoms with Crippen LogP contribution in [0.15, 0.2) is 24.7 Å². The van der Waals surface area contributed by atoms with Crippen molar-refractivity contribution in [1.82, 2.24) is 24.6 Å². The van der Waals surface area contributed by atoms with Crippen molar-refractivity contribution >= 4 is 5.91 Å². The van der Waals surface area contributed by atoms with Gasteiger partial charge in [-0.15, -0.1) is 0 Å². The highest BCUT2D eigenvalue weighted by Gasteiger charge is 2.28. The zero-order valence-electron chi connectivity index (χ0n) is 13.4. The third-order valence-corrected chi connectivity index (χ3v) is 4.02. The Balaban J connectivity index is 1.79. The highest BCUT2D eigenvalue weighted by Crippen LogP contribution is 2.36. The van der Waals surface area contributed by atoms with Crippen molar-refractivity contribution in [2.75, 3.05) is 0 Å². The van der Waals surface area contributed by atoms with E-state index in [1.54, 1.807) is 4.68 Å². The Morgan fingerprint density at radius 2 is 2.23 bits per heavy atom. The predicted molar refractivity (Wildman–Crippen MR) is 83.4 cm³/mol. The van der Waals surface area contributed by atoms with Crippen molar-refractivity contribution in [2.45, 2.75) is 45.2 Å². The number of aryl methyl sites for hydroxylation is 1. The Morgan fingerprint density at radius 3 is 2.82 bits per heavy atom. The fourth-order valence-corrected chi connectivity index (χ4v) is 2.81. The Kier molecular flexibility index (Phi) is 4.00. The molecule has 1 aliphatic rings. The zero-order valence-corrected chi connectivity index (χ0v) is 13.4. The number of carbonyl (C=O) groups excluding carboxylic acids is 1. The highest BCUT2D eigenvalue weighted by atomic mass is 16.2. The van der Waals surface area contributed by atoms with Crippen LogP contribution in [0, 0.1) is 5.92 Å². The van der Waals surface area contributed by atoms with E-state index in [2.05, 4.69) is 33.8 Å². The largest absolute Gasteiger partial charge is 0.341 e. The Hall–Kier alpha value is -2.11. The number of carbonyl (C=O) groups is 1. The number of aromatic nitrogens is 4. The smallest absolute Gasteiger partial charge is 0.268 e. The van der Waals surface area contributed by atoms with E-state index in [1.807, 2.05) is 25.4 Å². The molecule has 2 aromatic rings. The van der Waals surface area contributed by atoms with Crippen LogP contribution in [-0.2, 0) is 7.05 Å². The molecule has 0 aromatic carbocycles. The maximum absolute atomic E-state index is 12.7. The molecular weight excluding hydrogens is 278 g/mol. The van der Waals surface area contributed by atoms with Gasteiger partial charge in [0.1, 0.15) is 17.8 Å². The molecule has 0 saturated heterocycles. The first-order valence-corrected chi connectivity index (χ1v) is 7.88. The van der Waals surface area contributed by atoms with Crippen molar-refractivity contribution in [1.29, 1.82) is 0 Å². The van der Waals surface area contributed by atoms with Gasteiger partial charge in [-0.3, -0.25) is 9.48 Å². The van der Waals surface area contributed by atoms with Crippen LogP contribution in [0.2, 0.25) is 0 Å². The molecule has 22 heavy (non-hydrogen) atoms. The van der Waals surface area contributed by atoms with E-state index in [4.69, 9.17) is 0 Å². The molecule has 1 fully saturated rings. The lowest BCUT2D eigenvalue weighted by atomic mass is 10.0. The summed E-state index contributed by atoms with van der Waals surface area (Å²) in [6.07, 6.45) is 6.68. The molecule has 6 heteroatoms. The van der Waals surface area contributed by atoms with Crippen LogP contribution in [0.5, 0.6) is 0 Å². The van der Waals surface area contributed by atoms with Crippen molar-refractivity contribution < 1.29 is 4.79 Å². The summed E-state index contributed by atoms with van der Waals surface area (Å²) in [6, 6.07) is 4.20. The quantitative estimate of drug-likeness (QED) is 0.891. The van der Waals surface area contributed by atoms with E-state index in [1.165, 1.54) is 6.33 Å². The van der Waals surface area contributed by atoms with Gasteiger partial charge in [-0.1, -0.05) is 13.8 Å². The summed E-state index contributed by atoms with van der Waals surface area (Å²) >= 11 is 0. The number of rotatable bonds is 6. The summed E-state index contributed by atoms with van der Waals surface area (Å²) in [4.78, 5) is 17.0. The maximum atomic E-state index is 12.7. The van der Waals surface area contributed by atoms with E-state index in [9.17, 15) is 4.79 Å². The molecule has 1 N–H and O–H groups in total. The third kappa shape index (κ3) is 3.05. The molecule has 1 saturated carbocycles. The SMILES string of the molecule is CC(C)C[C@@H](NC(=O)c1cccn1C1CC1)c1ncnn1C. The number of amides is 1. The molecular formula is C16H23N5O. The van der Waals surface area contributed by atoms with Crippen molar-refractivity contribution in [2.24, 2.45) is 13.0 Å². The maximum Gasteiger partial charge on any atom is 0.268 e. The minimum atomic E-state index is -0.123. The number of hydrogen-bond acceptors (Lipinski definition) is 3. The summed E-state index contributed by atoms with van der Waals surface area (Å²) in [5, 5.41) is 7.25. The van der Waals surface area contributed by atoms with Gasteiger partial charge in [-0.25, -0.2) is 4.98 Å². The van der Waals surface area contributed by atoms with Gasteiger partial charge in [0.15, 0.2) is 0 Å². The molecule has 1 atom stereocenters. The van der Waals surface area contributed by atoms with Crippen LogP contribution in [-0.4, -0.2) is 25.2 Å². The van der Waals surface area contributed by atoms with E-state index >= 15 is 0 Å². The van der Waals surface area contributed by atoms with Gasteiger partial charge in [0.05, 0.1) is 6.04 Å². The van der Waals surface area contributed by atoms with Gasteiger partial charge in [-0.05, 0) is 37.3 Å². The van der Waals surface area contributed by atoms with E-state index in [0.29, 0.717) is 12.0 Å². The molecule has 2 aromatic heterocycles. The number of nitrogens with zero attached hydrogens (tertiary/aromatic N) is 4. The highest BCUT2D eigenvalue weighted by molar-refractivity contribution is 5.93. The second kappa shape index (κ2) is 5.94. The molecule has 1 aliphatic carbocycles. The monoisotopic (exact) mass is 301 g/mol. The van der Waals surface area contributed by atoms with Gasteiger partial charge in [0.25, 0.3) is 5.91 Å². The molecule has 0 spiro atoms. The van der Waals surface area contributed by atoms with Crippen LogP contribution in [0.3, 0.4) is 0 Å². The molecule has 6 nitrogen and oxygen atoms in total. The average molecular weight is 301 g/mol. The Morgan fingerprint density at radius 1 is 1.45 bits per heavy atom. The van der Waals surface area contributed by atoms with Crippen LogP contribution in [0.25, 0.3) is 0 Å². The minimum absolute atomic E-state index is 0.0365. The van der Waals surface area contributed by atoms with Crippen molar-refractivity contribution in [3.8, 4) is 0 Å². The molecule has 0 bridgehead atoms. The Labute approximate surface area is 130 Å². The second-order valence-corrected chi connectivity index (χ2v) is 6.43. The molecule has 0 aliphatic heterocycles. The predicted octanol–water partition coefficient (Wildman–Crippen LogP) is 2.47. The minimum Gasteiger partial charge on any atom is -0.341 e. The lowest BCUT2D eigenvalue weighted by Gasteiger charge is -2.20. The second-order valence-electron chi connectivity index (χ2n) is 6.43. The number of hydrogen-bond donors (Lipinski definition) is 1. The third-order valence-electron chi connectivity index (χ3n) is 4.02. The molecule has 3 rings (SSSR count). The van der Waals surface area contributed by atoms with Crippen molar-refractivity contribution in [3.63, 3.8) is 0 Å². The van der Waals surface area contributed by atoms with E-state index in [0.717, 1.165) is 30.8 Å². The summed E-state index contributed by atoms with van der Waals surface area (Å²) in [7, 11) is 1.86. The fraction of sp³-hybridized carbons (Fsp3) is 0.562. The van der Waals surface area contributed by atoms with Gasteiger partial charge in [0.2, 0.25) is 0 Å².